The van der Waals surface area contributed by atoms with Crippen LogP contribution in [0.5, 0.6) is 0 Å². The highest BCUT2D eigenvalue weighted by molar-refractivity contribution is 5.78. The van der Waals surface area contributed by atoms with Crippen LogP contribution in [0.15, 0.2) is 36.8 Å². The third kappa shape index (κ3) is 4.44. The Hall–Kier alpha value is -3.37. The van der Waals surface area contributed by atoms with Crippen LogP contribution in [0.3, 0.4) is 0 Å². The molecular weight excluding hydrogens is 399 g/mol. The van der Waals surface area contributed by atoms with Gasteiger partial charge in [-0.3, -0.25) is 4.79 Å². The van der Waals surface area contributed by atoms with Crippen molar-refractivity contribution in [3.8, 4) is 11.4 Å². The Balaban J connectivity index is 1.49. The van der Waals surface area contributed by atoms with E-state index >= 15 is 0 Å². The summed E-state index contributed by atoms with van der Waals surface area (Å²) >= 11 is 0. The lowest BCUT2D eigenvalue weighted by Crippen LogP contribution is -2.46. The van der Waals surface area contributed by atoms with Gasteiger partial charge in [0.1, 0.15) is 12.2 Å². The van der Waals surface area contributed by atoms with E-state index in [2.05, 4.69) is 20.4 Å². The topological polar surface area (TPSA) is 101 Å². The molecule has 1 aliphatic heterocycles. The molecular formula is C19H20F3N7O. The van der Waals surface area contributed by atoms with Gasteiger partial charge in [0.05, 0.1) is 17.3 Å². The van der Waals surface area contributed by atoms with E-state index in [4.69, 9.17) is 5.73 Å². The second-order valence-corrected chi connectivity index (χ2v) is 7.23. The Kier molecular flexibility index (Phi) is 5.18. The number of nitrogen functional groups attached to an aromatic ring is 1. The molecule has 3 aromatic rings. The SMILES string of the molecule is Nc1ccn2ncc(-c3nccc(N[C@@H]4CCCN(C(=O)CC(F)(F)F)C4)n3)c2c1. The maximum absolute atomic E-state index is 12.5. The van der Waals surface area contributed by atoms with Gasteiger partial charge in [-0.25, -0.2) is 14.5 Å². The first-order valence-corrected chi connectivity index (χ1v) is 9.46. The highest BCUT2D eigenvalue weighted by Gasteiger charge is 2.35. The lowest BCUT2D eigenvalue weighted by atomic mass is 10.1. The van der Waals surface area contributed by atoms with Crippen LogP contribution >= 0.6 is 0 Å². The quantitative estimate of drug-likeness (QED) is 0.674. The molecule has 1 fully saturated rings. The van der Waals surface area contributed by atoms with E-state index < -0.39 is 18.5 Å². The predicted molar refractivity (Wildman–Crippen MR) is 105 cm³/mol. The van der Waals surface area contributed by atoms with Gasteiger partial charge in [-0.2, -0.15) is 18.3 Å². The van der Waals surface area contributed by atoms with E-state index in [1.54, 1.807) is 41.3 Å². The summed E-state index contributed by atoms with van der Waals surface area (Å²) in [5, 5.41) is 7.48. The maximum Gasteiger partial charge on any atom is 0.397 e. The number of nitrogens with one attached hydrogen (secondary N) is 1. The summed E-state index contributed by atoms with van der Waals surface area (Å²) in [5.41, 5.74) is 7.91. The minimum absolute atomic E-state index is 0.196. The van der Waals surface area contributed by atoms with Crippen LogP contribution in [0.25, 0.3) is 16.9 Å². The van der Waals surface area contributed by atoms with Crippen molar-refractivity contribution in [2.24, 2.45) is 0 Å². The summed E-state index contributed by atoms with van der Waals surface area (Å²) in [6, 6.07) is 4.99. The van der Waals surface area contributed by atoms with Gasteiger partial charge in [0.2, 0.25) is 5.91 Å². The van der Waals surface area contributed by atoms with Gasteiger partial charge < -0.3 is 16.0 Å². The fourth-order valence-corrected chi connectivity index (χ4v) is 3.55. The molecule has 8 nitrogen and oxygen atoms in total. The van der Waals surface area contributed by atoms with Gasteiger partial charge in [0.25, 0.3) is 0 Å². The number of alkyl halides is 3. The Labute approximate surface area is 169 Å². The van der Waals surface area contributed by atoms with Gasteiger partial charge >= 0.3 is 6.18 Å². The van der Waals surface area contributed by atoms with Crippen molar-refractivity contribution in [1.29, 1.82) is 0 Å². The van der Waals surface area contributed by atoms with Crippen LogP contribution in [0.4, 0.5) is 24.7 Å². The summed E-state index contributed by atoms with van der Waals surface area (Å²) in [6.07, 6.45) is 0.383. The molecule has 0 saturated carbocycles. The number of amides is 1. The number of likely N-dealkylation sites (tertiary alicyclic amines) is 1. The van der Waals surface area contributed by atoms with Crippen LogP contribution in [-0.2, 0) is 4.79 Å². The van der Waals surface area contributed by atoms with Gasteiger partial charge in [-0.1, -0.05) is 0 Å². The van der Waals surface area contributed by atoms with Crippen molar-refractivity contribution in [3.63, 3.8) is 0 Å². The second kappa shape index (κ2) is 7.81. The number of anilines is 2. The number of hydrogen-bond donors (Lipinski definition) is 2. The van der Waals surface area contributed by atoms with Gasteiger partial charge in [-0.05, 0) is 31.0 Å². The van der Waals surface area contributed by atoms with Crippen molar-refractivity contribution in [3.05, 3.63) is 36.8 Å². The van der Waals surface area contributed by atoms with Crippen LogP contribution in [0, 0.1) is 0 Å². The first-order valence-electron chi connectivity index (χ1n) is 9.46. The Bertz CT molecular complexity index is 1070. The highest BCUT2D eigenvalue weighted by atomic mass is 19.4. The molecule has 0 radical (unpaired) electrons. The average molecular weight is 419 g/mol. The standard InChI is InChI=1S/C19H20F3N7O/c20-19(21,22)9-17(30)28-6-1-2-13(11-28)26-16-3-5-24-18(27-16)14-10-25-29-7-4-12(23)8-15(14)29/h3-5,7-8,10,13H,1-2,6,9,11,23H2,(H,24,26,27)/t13-/m1/s1. The molecule has 0 unspecified atom stereocenters. The van der Waals surface area contributed by atoms with Crippen LogP contribution in [0.1, 0.15) is 19.3 Å². The minimum atomic E-state index is -4.50. The fourth-order valence-electron chi connectivity index (χ4n) is 3.55. The number of hydrogen-bond acceptors (Lipinski definition) is 6. The monoisotopic (exact) mass is 419 g/mol. The molecule has 0 bridgehead atoms. The van der Waals surface area contributed by atoms with Crippen molar-refractivity contribution in [1.82, 2.24) is 24.5 Å². The molecule has 3 N–H and O–H groups in total. The first-order chi connectivity index (χ1) is 14.3. The summed E-state index contributed by atoms with van der Waals surface area (Å²) in [4.78, 5) is 22.0. The molecule has 1 aliphatic rings. The number of aromatic nitrogens is 4. The molecule has 1 amide bonds. The van der Waals surface area contributed by atoms with Gasteiger partial charge in [0.15, 0.2) is 5.82 Å². The number of nitrogens with zero attached hydrogens (tertiary/aromatic N) is 5. The molecule has 4 heterocycles. The number of fused-ring (bicyclic) bond motifs is 1. The highest BCUT2D eigenvalue weighted by Crippen LogP contribution is 2.25. The van der Waals surface area contributed by atoms with Crippen molar-refractivity contribution in [2.45, 2.75) is 31.5 Å². The van der Waals surface area contributed by atoms with Gasteiger partial charge in [-0.15, -0.1) is 0 Å². The van der Waals surface area contributed by atoms with E-state index in [0.29, 0.717) is 35.9 Å². The number of nitrogens with two attached hydrogens (primary N) is 1. The third-order valence-electron chi connectivity index (χ3n) is 4.92. The number of piperidine rings is 1. The number of pyridine rings is 1. The zero-order valence-electron chi connectivity index (χ0n) is 15.9. The number of carbonyl (C=O) groups excluding carboxylic acids is 1. The van der Waals surface area contributed by atoms with E-state index in [0.717, 1.165) is 11.9 Å². The van der Waals surface area contributed by atoms with E-state index in [1.165, 1.54) is 4.90 Å². The van der Waals surface area contributed by atoms with Crippen molar-refractivity contribution >= 4 is 22.9 Å². The molecule has 4 rings (SSSR count). The Morgan fingerprint density at radius 2 is 2.17 bits per heavy atom. The van der Waals surface area contributed by atoms with Crippen LogP contribution in [0.2, 0.25) is 0 Å². The zero-order valence-corrected chi connectivity index (χ0v) is 15.9. The molecule has 158 valence electrons. The first kappa shape index (κ1) is 19.9. The molecule has 1 atom stereocenters. The molecule has 30 heavy (non-hydrogen) atoms. The molecule has 0 spiro atoms. The summed E-state index contributed by atoms with van der Waals surface area (Å²) < 4.78 is 39.2. The summed E-state index contributed by atoms with van der Waals surface area (Å²) in [5.74, 6) is 0.0705. The molecule has 0 aromatic carbocycles. The van der Waals surface area contributed by atoms with E-state index in [9.17, 15) is 18.0 Å². The summed E-state index contributed by atoms with van der Waals surface area (Å²) in [6.45, 7) is 0.521. The molecule has 11 heteroatoms. The van der Waals surface area contributed by atoms with Crippen LogP contribution in [-0.4, -0.2) is 55.7 Å². The maximum atomic E-state index is 12.5. The largest absolute Gasteiger partial charge is 0.399 e. The molecule has 1 saturated heterocycles. The smallest absolute Gasteiger partial charge is 0.397 e. The second-order valence-electron chi connectivity index (χ2n) is 7.23. The fraction of sp³-hybridized carbons (Fsp3) is 0.368. The van der Waals surface area contributed by atoms with E-state index in [-0.39, 0.29) is 12.6 Å². The normalized spacial score (nSPS) is 17.3. The lowest BCUT2D eigenvalue weighted by Gasteiger charge is -2.33. The predicted octanol–water partition coefficient (Wildman–Crippen LogP) is 2.73. The lowest BCUT2D eigenvalue weighted by molar-refractivity contribution is -0.162. The van der Waals surface area contributed by atoms with Crippen molar-refractivity contribution < 1.29 is 18.0 Å². The molecule has 0 aliphatic carbocycles. The Morgan fingerprint density at radius 3 is 2.97 bits per heavy atom. The summed E-state index contributed by atoms with van der Waals surface area (Å²) in [7, 11) is 0. The van der Waals surface area contributed by atoms with Crippen LogP contribution < -0.4 is 11.1 Å². The zero-order chi connectivity index (χ0) is 21.3. The Morgan fingerprint density at radius 1 is 1.33 bits per heavy atom. The van der Waals surface area contributed by atoms with Crippen molar-refractivity contribution in [2.75, 3.05) is 24.1 Å². The van der Waals surface area contributed by atoms with Gasteiger partial charge in [0, 0.05) is 37.2 Å². The number of halogens is 3. The number of carbonyl (C=O) groups is 1. The number of rotatable bonds is 4. The molecule has 3 aromatic heterocycles. The average Bonchev–Trinajstić information content (AvgIpc) is 3.10. The third-order valence-corrected chi connectivity index (χ3v) is 4.92. The van der Waals surface area contributed by atoms with E-state index in [1.807, 2.05) is 0 Å². The minimum Gasteiger partial charge on any atom is -0.399 e.